The summed E-state index contributed by atoms with van der Waals surface area (Å²) in [5, 5.41) is 11.6. The van der Waals surface area contributed by atoms with E-state index < -0.39 is 0 Å². The van der Waals surface area contributed by atoms with E-state index in [4.69, 9.17) is 4.74 Å². The Hall–Kier alpha value is -1.88. The van der Waals surface area contributed by atoms with Gasteiger partial charge in [0.15, 0.2) is 0 Å². The van der Waals surface area contributed by atoms with Crippen LogP contribution in [0.2, 0.25) is 0 Å². The van der Waals surface area contributed by atoms with Crippen molar-refractivity contribution in [2.45, 2.75) is 31.8 Å². The van der Waals surface area contributed by atoms with Gasteiger partial charge in [-0.25, -0.2) is 0 Å². The molecule has 106 valence electrons. The van der Waals surface area contributed by atoms with Crippen molar-refractivity contribution < 1.29 is 4.74 Å². The molecule has 1 atom stereocenters. The lowest BCUT2D eigenvalue weighted by atomic mass is 9.87. The minimum absolute atomic E-state index is 0.390. The average molecular weight is 272 g/mol. The Kier molecular flexibility index (Phi) is 3.69. The maximum absolute atomic E-state index is 5.31. The van der Waals surface area contributed by atoms with E-state index in [0.29, 0.717) is 6.04 Å². The van der Waals surface area contributed by atoms with Gasteiger partial charge in [-0.05, 0) is 42.5 Å². The molecule has 5 nitrogen and oxygen atoms in total. The molecule has 3 rings (SSSR count). The van der Waals surface area contributed by atoms with Crippen LogP contribution in [0.5, 0.6) is 5.75 Å². The van der Waals surface area contributed by atoms with Crippen LogP contribution in [0.1, 0.15) is 35.8 Å². The molecule has 1 aliphatic carbocycles. The Morgan fingerprint density at radius 3 is 3.10 bits per heavy atom. The highest BCUT2D eigenvalue weighted by atomic mass is 16.5. The van der Waals surface area contributed by atoms with E-state index in [1.807, 2.05) is 17.7 Å². The van der Waals surface area contributed by atoms with E-state index in [2.05, 4.69) is 27.6 Å². The lowest BCUT2D eigenvalue weighted by molar-refractivity contribution is 0.410. The second-order valence-electron chi connectivity index (χ2n) is 5.25. The minimum atomic E-state index is 0.390. The van der Waals surface area contributed by atoms with Crippen molar-refractivity contribution in [3.63, 3.8) is 0 Å². The molecule has 0 amide bonds. The van der Waals surface area contributed by atoms with Crippen molar-refractivity contribution in [2.75, 3.05) is 7.11 Å². The number of methoxy groups -OCH3 is 1. The maximum atomic E-state index is 5.31. The molecule has 0 saturated carbocycles. The van der Waals surface area contributed by atoms with Crippen molar-refractivity contribution in [1.29, 1.82) is 0 Å². The van der Waals surface area contributed by atoms with Gasteiger partial charge in [0.25, 0.3) is 0 Å². The summed E-state index contributed by atoms with van der Waals surface area (Å²) in [5.41, 5.74) is 2.78. The first-order valence-corrected chi connectivity index (χ1v) is 7.01. The van der Waals surface area contributed by atoms with Crippen molar-refractivity contribution in [1.82, 2.24) is 20.1 Å². The molecule has 0 fully saturated rings. The fourth-order valence-electron chi connectivity index (χ4n) is 2.81. The minimum Gasteiger partial charge on any atom is -0.497 e. The van der Waals surface area contributed by atoms with Crippen molar-refractivity contribution in [2.24, 2.45) is 7.05 Å². The molecule has 1 heterocycles. The number of benzene rings is 1. The number of ether oxygens (including phenoxy) is 1. The third-order valence-corrected chi connectivity index (χ3v) is 3.98. The molecule has 0 aliphatic heterocycles. The lowest BCUT2D eigenvalue weighted by Crippen LogP contribution is -2.26. The summed E-state index contributed by atoms with van der Waals surface area (Å²) in [6.07, 6.45) is 5.24. The van der Waals surface area contributed by atoms with E-state index >= 15 is 0 Å². The highest BCUT2D eigenvalue weighted by Gasteiger charge is 2.20. The molecule has 1 unspecified atom stereocenters. The first-order valence-electron chi connectivity index (χ1n) is 7.01. The summed E-state index contributed by atoms with van der Waals surface area (Å²) in [5.74, 6) is 1.91. The number of rotatable bonds is 4. The van der Waals surface area contributed by atoms with Crippen molar-refractivity contribution in [3.8, 4) is 5.75 Å². The third kappa shape index (κ3) is 2.54. The van der Waals surface area contributed by atoms with Crippen LogP contribution < -0.4 is 10.1 Å². The highest BCUT2D eigenvalue weighted by molar-refractivity contribution is 5.39. The summed E-state index contributed by atoms with van der Waals surface area (Å²) in [7, 11) is 3.69. The number of aryl methyl sites for hydroxylation is 2. The number of hydrogen-bond donors (Lipinski definition) is 1. The number of nitrogens with one attached hydrogen (secondary N) is 1. The summed E-state index contributed by atoms with van der Waals surface area (Å²) >= 11 is 0. The van der Waals surface area contributed by atoms with E-state index in [9.17, 15) is 0 Å². The summed E-state index contributed by atoms with van der Waals surface area (Å²) in [6.45, 7) is 0.743. The van der Waals surface area contributed by atoms with Crippen molar-refractivity contribution in [3.05, 3.63) is 41.5 Å². The molecular formula is C15H20N4O. The van der Waals surface area contributed by atoms with Crippen LogP contribution in [-0.4, -0.2) is 21.9 Å². The maximum Gasteiger partial charge on any atom is 0.146 e. The SMILES string of the molecule is COc1ccc2c(c1)CCCC2NCc1nncn1C. The second kappa shape index (κ2) is 5.63. The predicted molar refractivity (Wildman–Crippen MR) is 76.5 cm³/mol. The summed E-state index contributed by atoms with van der Waals surface area (Å²) < 4.78 is 7.26. The van der Waals surface area contributed by atoms with Gasteiger partial charge < -0.3 is 14.6 Å². The van der Waals surface area contributed by atoms with E-state index in [1.165, 1.54) is 17.5 Å². The topological polar surface area (TPSA) is 52.0 Å². The highest BCUT2D eigenvalue weighted by Crippen LogP contribution is 2.32. The number of fused-ring (bicyclic) bond motifs is 1. The molecule has 0 spiro atoms. The van der Waals surface area contributed by atoms with Crippen LogP contribution >= 0.6 is 0 Å². The van der Waals surface area contributed by atoms with Crippen molar-refractivity contribution >= 4 is 0 Å². The van der Waals surface area contributed by atoms with Crippen LogP contribution in [0.4, 0.5) is 0 Å². The summed E-state index contributed by atoms with van der Waals surface area (Å²) in [4.78, 5) is 0. The number of hydrogen-bond acceptors (Lipinski definition) is 4. The predicted octanol–water partition coefficient (Wildman–Crippen LogP) is 1.99. The standard InChI is InChI=1S/C15H20N4O/c1-19-10-17-18-15(19)9-16-14-5-3-4-11-8-12(20-2)6-7-13(11)14/h6-8,10,14,16H,3-5,9H2,1-2H3. The van der Waals surface area contributed by atoms with Crippen LogP contribution in [0.3, 0.4) is 0 Å². The van der Waals surface area contributed by atoms with Gasteiger partial charge in [0.2, 0.25) is 0 Å². The fraction of sp³-hybridized carbons (Fsp3) is 0.467. The molecule has 1 N–H and O–H groups in total. The van der Waals surface area contributed by atoms with Gasteiger partial charge in [-0.2, -0.15) is 0 Å². The Bertz CT molecular complexity index is 593. The Balaban J connectivity index is 1.75. The van der Waals surface area contributed by atoms with Gasteiger partial charge >= 0.3 is 0 Å². The average Bonchev–Trinajstić information content (AvgIpc) is 2.89. The number of aromatic nitrogens is 3. The van der Waals surface area contributed by atoms with Crippen LogP contribution in [0.15, 0.2) is 24.5 Å². The molecule has 0 saturated heterocycles. The molecule has 1 aromatic heterocycles. The van der Waals surface area contributed by atoms with Crippen LogP contribution in [0, 0.1) is 0 Å². The van der Waals surface area contributed by atoms with Gasteiger partial charge in [0.05, 0.1) is 13.7 Å². The van der Waals surface area contributed by atoms with Gasteiger partial charge in [0.1, 0.15) is 17.9 Å². The second-order valence-corrected chi connectivity index (χ2v) is 5.25. The van der Waals surface area contributed by atoms with Gasteiger partial charge in [-0.1, -0.05) is 6.07 Å². The quantitative estimate of drug-likeness (QED) is 0.925. The zero-order valence-corrected chi connectivity index (χ0v) is 12.0. The molecule has 5 heteroatoms. The van der Waals surface area contributed by atoms with Crippen LogP contribution in [0.25, 0.3) is 0 Å². The van der Waals surface area contributed by atoms with E-state index in [0.717, 1.165) is 31.0 Å². The normalized spacial score (nSPS) is 17.8. The van der Waals surface area contributed by atoms with E-state index in [1.54, 1.807) is 13.4 Å². The van der Waals surface area contributed by atoms with Crippen LogP contribution in [-0.2, 0) is 20.0 Å². The third-order valence-electron chi connectivity index (χ3n) is 3.98. The first-order chi connectivity index (χ1) is 9.78. The zero-order valence-electron chi connectivity index (χ0n) is 12.0. The Morgan fingerprint density at radius 2 is 2.35 bits per heavy atom. The number of nitrogens with zero attached hydrogens (tertiary/aromatic N) is 3. The van der Waals surface area contributed by atoms with E-state index in [-0.39, 0.29) is 0 Å². The largest absolute Gasteiger partial charge is 0.497 e. The molecule has 2 aromatic rings. The summed E-state index contributed by atoms with van der Waals surface area (Å²) in [6, 6.07) is 6.77. The Labute approximate surface area is 119 Å². The molecular weight excluding hydrogens is 252 g/mol. The Morgan fingerprint density at radius 1 is 1.45 bits per heavy atom. The molecule has 1 aromatic carbocycles. The first kappa shape index (κ1) is 13.1. The molecule has 0 radical (unpaired) electrons. The van der Waals surface area contributed by atoms with Gasteiger partial charge in [-0.3, -0.25) is 0 Å². The monoisotopic (exact) mass is 272 g/mol. The molecule has 0 bridgehead atoms. The smallest absolute Gasteiger partial charge is 0.146 e. The molecule has 20 heavy (non-hydrogen) atoms. The fourth-order valence-corrected chi connectivity index (χ4v) is 2.81. The van der Waals surface area contributed by atoms with Gasteiger partial charge in [0, 0.05) is 13.1 Å². The lowest BCUT2D eigenvalue weighted by Gasteiger charge is -2.26. The molecule has 1 aliphatic rings. The van der Waals surface area contributed by atoms with Gasteiger partial charge in [-0.15, -0.1) is 10.2 Å². The zero-order chi connectivity index (χ0) is 13.9.